The third-order valence-corrected chi connectivity index (χ3v) is 0.201. The van der Waals surface area contributed by atoms with E-state index in [1.807, 2.05) is 0 Å². The van der Waals surface area contributed by atoms with E-state index < -0.39 is 6.09 Å². The van der Waals surface area contributed by atoms with Crippen LogP contribution in [0.15, 0.2) is 0 Å². The van der Waals surface area contributed by atoms with Gasteiger partial charge in [0.05, 0.1) is 13.2 Å². The second-order valence-corrected chi connectivity index (χ2v) is 0.747. The maximum absolute atomic E-state index is 9.37. The van der Waals surface area contributed by atoms with E-state index in [4.69, 9.17) is 5.26 Å². The number of carbonyl (C=O) groups excluding carboxylic acids is 1. The van der Waals surface area contributed by atoms with E-state index in [9.17, 15) is 4.79 Å². The number of amides is 1. The van der Waals surface area contributed by atoms with E-state index in [0.29, 0.717) is 0 Å². The molecule has 0 saturated heterocycles. The van der Waals surface area contributed by atoms with Gasteiger partial charge in [0.15, 0.2) is 0 Å². The molecule has 0 rings (SSSR count). The van der Waals surface area contributed by atoms with Crippen molar-refractivity contribution in [2.45, 2.75) is 6.92 Å². The summed E-state index contributed by atoms with van der Waals surface area (Å²) < 4.78 is 3.89. The van der Waals surface area contributed by atoms with Gasteiger partial charge in [0.2, 0.25) is 0 Å². The van der Waals surface area contributed by atoms with Crippen LogP contribution >= 0.6 is 0 Å². The molecule has 0 spiro atoms. The summed E-state index contributed by atoms with van der Waals surface area (Å²) in [7, 11) is 1.22. The molecule has 0 unspecified atom stereocenters. The van der Waals surface area contributed by atoms with Crippen molar-refractivity contribution in [3.05, 3.63) is 0 Å². The van der Waals surface area contributed by atoms with Crippen LogP contribution < -0.4 is 5.73 Å². The van der Waals surface area contributed by atoms with Crippen molar-refractivity contribution in [2.24, 2.45) is 5.73 Å². The monoisotopic (exact) mass is 116 g/mol. The molecule has 8 heavy (non-hydrogen) atoms. The molecule has 0 atom stereocenters. The summed E-state index contributed by atoms with van der Waals surface area (Å²) in [6.07, 6.45) is -0.745. The summed E-state index contributed by atoms with van der Waals surface area (Å²) >= 11 is 0. The number of hydrogen-bond donors (Lipinski definition) is 1. The van der Waals surface area contributed by atoms with Crippen LogP contribution in [-0.2, 0) is 4.74 Å². The first-order valence-electron chi connectivity index (χ1n) is 1.83. The van der Waals surface area contributed by atoms with Crippen LogP contribution in [0.2, 0.25) is 0 Å². The van der Waals surface area contributed by atoms with Gasteiger partial charge in [0.25, 0.3) is 0 Å². The fourth-order valence-corrected chi connectivity index (χ4v) is 0. The standard InChI is InChI=1S/C2H5NO2.C2H3N/c1-5-2(3)4;1-2-3/h1H3,(H2,3,4);1H3. The highest BCUT2D eigenvalue weighted by Gasteiger charge is 1.76. The first-order chi connectivity index (χ1) is 3.68. The second-order valence-electron chi connectivity index (χ2n) is 0.747. The summed E-state index contributed by atoms with van der Waals surface area (Å²) in [4.78, 5) is 9.37. The lowest BCUT2D eigenvalue weighted by molar-refractivity contribution is 0.182. The summed E-state index contributed by atoms with van der Waals surface area (Å²) in [5.41, 5.74) is 4.43. The van der Waals surface area contributed by atoms with Gasteiger partial charge in [-0.3, -0.25) is 0 Å². The van der Waals surface area contributed by atoms with Crippen LogP contribution in [0.25, 0.3) is 0 Å². The van der Waals surface area contributed by atoms with Crippen molar-refractivity contribution in [3.63, 3.8) is 0 Å². The molecule has 4 nitrogen and oxygen atoms in total. The average Bonchev–Trinajstić information content (AvgIpc) is 1.69. The van der Waals surface area contributed by atoms with Crippen LogP contribution in [0.5, 0.6) is 0 Å². The highest BCUT2D eigenvalue weighted by Crippen LogP contribution is 1.55. The molecular weight excluding hydrogens is 108 g/mol. The van der Waals surface area contributed by atoms with Crippen LogP contribution in [0, 0.1) is 11.3 Å². The Bertz CT molecular complexity index is 94.7. The topological polar surface area (TPSA) is 76.1 Å². The number of nitrogens with two attached hydrogens (primary N) is 1. The maximum atomic E-state index is 9.37. The van der Waals surface area contributed by atoms with E-state index in [-0.39, 0.29) is 0 Å². The van der Waals surface area contributed by atoms with E-state index in [2.05, 4.69) is 10.5 Å². The van der Waals surface area contributed by atoms with Crippen LogP contribution in [0.1, 0.15) is 6.92 Å². The Morgan fingerprint density at radius 3 is 2.00 bits per heavy atom. The molecule has 0 aromatic heterocycles. The van der Waals surface area contributed by atoms with Gasteiger partial charge in [0.1, 0.15) is 0 Å². The molecule has 0 aromatic rings. The van der Waals surface area contributed by atoms with Gasteiger partial charge in [-0.15, -0.1) is 0 Å². The van der Waals surface area contributed by atoms with Crippen molar-refractivity contribution in [1.29, 1.82) is 5.26 Å². The van der Waals surface area contributed by atoms with E-state index in [1.165, 1.54) is 14.0 Å². The van der Waals surface area contributed by atoms with Gasteiger partial charge < -0.3 is 10.5 Å². The number of primary amides is 1. The van der Waals surface area contributed by atoms with Gasteiger partial charge in [-0.05, 0) is 0 Å². The van der Waals surface area contributed by atoms with Crippen molar-refractivity contribution in [2.75, 3.05) is 7.11 Å². The molecule has 0 bridgehead atoms. The molecule has 0 fully saturated rings. The molecule has 46 valence electrons. The first-order valence-corrected chi connectivity index (χ1v) is 1.83. The lowest BCUT2D eigenvalue weighted by Gasteiger charge is -1.81. The number of ether oxygens (including phenoxy) is 1. The number of methoxy groups -OCH3 is 1. The maximum Gasteiger partial charge on any atom is 0.404 e. The van der Waals surface area contributed by atoms with Crippen molar-refractivity contribution >= 4 is 6.09 Å². The number of carbonyl (C=O) groups is 1. The molecule has 0 aliphatic carbocycles. The molecule has 1 amide bonds. The Labute approximate surface area is 47.8 Å². The minimum atomic E-state index is -0.745. The van der Waals surface area contributed by atoms with Gasteiger partial charge in [0, 0.05) is 6.92 Å². The zero-order chi connectivity index (χ0) is 6.99. The molecule has 2 N–H and O–H groups in total. The zero-order valence-corrected chi connectivity index (χ0v) is 4.84. The Morgan fingerprint density at radius 1 is 1.88 bits per heavy atom. The third-order valence-electron chi connectivity index (χ3n) is 0.201. The van der Waals surface area contributed by atoms with E-state index in [1.54, 1.807) is 6.07 Å². The van der Waals surface area contributed by atoms with Crippen molar-refractivity contribution < 1.29 is 9.53 Å². The molecule has 4 heteroatoms. The predicted molar refractivity (Wildman–Crippen MR) is 27.9 cm³/mol. The molecule has 0 saturated carbocycles. The Balaban J connectivity index is 0. The molecule has 0 aliphatic rings. The number of hydrogen-bond acceptors (Lipinski definition) is 3. The molecule has 0 aliphatic heterocycles. The third kappa shape index (κ3) is 117. The minimum Gasteiger partial charge on any atom is -0.453 e. The Morgan fingerprint density at radius 2 is 2.00 bits per heavy atom. The zero-order valence-electron chi connectivity index (χ0n) is 4.84. The smallest absolute Gasteiger partial charge is 0.404 e. The average molecular weight is 116 g/mol. The Kier molecular flexibility index (Phi) is 11.4. The van der Waals surface area contributed by atoms with Crippen molar-refractivity contribution in [1.82, 2.24) is 0 Å². The number of nitriles is 1. The normalized spacial score (nSPS) is 5.12. The fourth-order valence-electron chi connectivity index (χ4n) is 0. The quantitative estimate of drug-likeness (QED) is 0.492. The molecular formula is C4H8N2O2. The first kappa shape index (κ1) is 9.90. The van der Waals surface area contributed by atoms with Crippen LogP contribution in [0.3, 0.4) is 0 Å². The van der Waals surface area contributed by atoms with Gasteiger partial charge >= 0.3 is 6.09 Å². The number of nitrogens with zero attached hydrogens (tertiary/aromatic N) is 1. The summed E-state index contributed by atoms with van der Waals surface area (Å²) in [5, 5.41) is 7.32. The molecule has 0 aromatic carbocycles. The van der Waals surface area contributed by atoms with Gasteiger partial charge in [-0.25, -0.2) is 4.79 Å². The largest absolute Gasteiger partial charge is 0.453 e. The fraction of sp³-hybridized carbons (Fsp3) is 0.500. The molecule has 0 heterocycles. The highest BCUT2D eigenvalue weighted by atomic mass is 16.5. The van der Waals surface area contributed by atoms with Crippen LogP contribution in [-0.4, -0.2) is 13.2 Å². The highest BCUT2D eigenvalue weighted by molar-refractivity contribution is 5.64. The summed E-state index contributed by atoms with van der Waals surface area (Å²) in [6.45, 7) is 1.43. The summed E-state index contributed by atoms with van der Waals surface area (Å²) in [6, 6.07) is 1.75. The minimum absolute atomic E-state index is 0.745. The Hall–Kier alpha value is -1.24. The lowest BCUT2D eigenvalue weighted by atomic mass is 11.0. The van der Waals surface area contributed by atoms with Gasteiger partial charge in [-0.2, -0.15) is 5.26 Å². The van der Waals surface area contributed by atoms with Crippen molar-refractivity contribution in [3.8, 4) is 6.07 Å². The van der Waals surface area contributed by atoms with E-state index >= 15 is 0 Å². The second kappa shape index (κ2) is 9.23. The van der Waals surface area contributed by atoms with E-state index in [0.717, 1.165) is 0 Å². The van der Waals surface area contributed by atoms with Gasteiger partial charge in [-0.1, -0.05) is 0 Å². The molecule has 0 radical (unpaired) electrons. The lowest BCUT2D eigenvalue weighted by Crippen LogP contribution is -2.08. The number of rotatable bonds is 0. The summed E-state index contributed by atoms with van der Waals surface area (Å²) in [5.74, 6) is 0. The van der Waals surface area contributed by atoms with Crippen LogP contribution in [0.4, 0.5) is 4.79 Å². The predicted octanol–water partition coefficient (Wildman–Crippen LogP) is 0.241. The SMILES string of the molecule is CC#N.COC(N)=O.